The van der Waals surface area contributed by atoms with E-state index < -0.39 is 17.1 Å². The Balaban J connectivity index is 0.000000194. The van der Waals surface area contributed by atoms with E-state index in [9.17, 15) is 9.59 Å². The summed E-state index contributed by atoms with van der Waals surface area (Å²) < 4.78 is 10.2. The second-order valence-electron chi connectivity index (χ2n) is 10.00. The average Bonchev–Trinajstić information content (AvgIpc) is 3.57. The number of hydrogen-bond donors (Lipinski definition) is 0. The maximum absolute atomic E-state index is 12.3. The van der Waals surface area contributed by atoms with Crippen LogP contribution in [0.4, 0.5) is 5.69 Å². The van der Waals surface area contributed by atoms with Crippen molar-refractivity contribution in [1.29, 1.82) is 0 Å². The standard InChI is InChI=1S/C18H17NO3.C14H16Cl2N2O2/c1-2-21-17(20)16-13-18(22-19-16,14-9-5-3-6-10-14)15-11-7-4-8-12-15;1-4-20-13(19)14(3)8-9(2)17-18(14)12-6-5-10(15)7-11(12)16/h3-12H,2,13H2,1H3;5-7H,4,8H2,1-3H3. The third-order valence-corrected chi connectivity index (χ3v) is 7.45. The van der Waals surface area contributed by atoms with Crippen LogP contribution < -0.4 is 5.01 Å². The van der Waals surface area contributed by atoms with Crippen molar-refractivity contribution < 1.29 is 23.9 Å². The Morgan fingerprint density at radius 3 is 2.05 bits per heavy atom. The molecule has 1 unspecified atom stereocenters. The van der Waals surface area contributed by atoms with Gasteiger partial charge in [0.25, 0.3) is 0 Å². The second kappa shape index (κ2) is 13.4. The highest BCUT2D eigenvalue weighted by Crippen LogP contribution is 2.41. The highest BCUT2D eigenvalue weighted by molar-refractivity contribution is 6.37. The summed E-state index contributed by atoms with van der Waals surface area (Å²) in [5, 5.41) is 11.0. The van der Waals surface area contributed by atoms with Gasteiger partial charge in [-0.2, -0.15) is 5.10 Å². The smallest absolute Gasteiger partial charge is 0.356 e. The van der Waals surface area contributed by atoms with Gasteiger partial charge in [0, 0.05) is 28.3 Å². The molecule has 0 aromatic heterocycles. The predicted octanol–water partition coefficient (Wildman–Crippen LogP) is 7.17. The van der Waals surface area contributed by atoms with Gasteiger partial charge in [-0.05, 0) is 45.9 Å². The number of nitrogens with zero attached hydrogens (tertiary/aromatic N) is 3. The van der Waals surface area contributed by atoms with Gasteiger partial charge in [-0.15, -0.1) is 0 Å². The second-order valence-corrected chi connectivity index (χ2v) is 10.8. The molecule has 0 bridgehead atoms. The van der Waals surface area contributed by atoms with E-state index in [1.807, 2.05) is 67.6 Å². The Bertz CT molecular complexity index is 1440. The first-order chi connectivity index (χ1) is 20.1. The fourth-order valence-electron chi connectivity index (χ4n) is 4.96. The third-order valence-electron chi connectivity index (χ3n) is 6.91. The highest BCUT2D eigenvalue weighted by Gasteiger charge is 2.47. The van der Waals surface area contributed by atoms with Crippen LogP contribution in [0.5, 0.6) is 0 Å². The Morgan fingerprint density at radius 2 is 1.50 bits per heavy atom. The molecule has 2 aliphatic rings. The number of oxime groups is 1. The fourth-order valence-corrected chi connectivity index (χ4v) is 5.44. The minimum atomic E-state index is -0.877. The summed E-state index contributed by atoms with van der Waals surface area (Å²) in [6.45, 7) is 7.88. The van der Waals surface area contributed by atoms with E-state index in [1.165, 1.54) is 0 Å². The van der Waals surface area contributed by atoms with Gasteiger partial charge in [0.1, 0.15) is 0 Å². The van der Waals surface area contributed by atoms with Crippen molar-refractivity contribution in [3.63, 3.8) is 0 Å². The van der Waals surface area contributed by atoms with Gasteiger partial charge in [-0.3, -0.25) is 0 Å². The molecular formula is C32H33Cl2N3O5. The molecule has 0 aliphatic carbocycles. The molecule has 2 heterocycles. The third kappa shape index (κ3) is 6.45. The van der Waals surface area contributed by atoms with Gasteiger partial charge in [-0.25, -0.2) is 14.6 Å². The first kappa shape index (κ1) is 31.1. The van der Waals surface area contributed by atoms with Gasteiger partial charge in [-0.1, -0.05) is 89.0 Å². The van der Waals surface area contributed by atoms with Gasteiger partial charge >= 0.3 is 11.9 Å². The number of ether oxygens (including phenoxy) is 2. The van der Waals surface area contributed by atoms with Crippen LogP contribution in [0.1, 0.15) is 51.7 Å². The van der Waals surface area contributed by atoms with Crippen molar-refractivity contribution >= 4 is 52.3 Å². The number of anilines is 1. The molecule has 0 amide bonds. The first-order valence-corrected chi connectivity index (χ1v) is 14.4. The van der Waals surface area contributed by atoms with Crippen molar-refractivity contribution in [3.05, 3.63) is 100 Å². The van der Waals surface area contributed by atoms with Gasteiger partial charge in [0.05, 0.1) is 30.3 Å². The zero-order chi connectivity index (χ0) is 30.3. The number of hydrogen-bond acceptors (Lipinski definition) is 8. The van der Waals surface area contributed by atoms with Crippen molar-refractivity contribution in [2.45, 2.75) is 51.7 Å². The largest absolute Gasteiger partial charge is 0.464 e. The Kier molecular flexibility index (Phi) is 9.91. The van der Waals surface area contributed by atoms with Gasteiger partial charge < -0.3 is 14.3 Å². The molecule has 0 spiro atoms. The molecule has 0 saturated heterocycles. The summed E-state index contributed by atoms with van der Waals surface area (Å²) in [5.41, 5.74) is 2.08. The normalized spacial score (nSPS) is 18.7. The molecule has 5 rings (SSSR count). The quantitative estimate of drug-likeness (QED) is 0.264. The zero-order valence-corrected chi connectivity index (χ0v) is 25.5. The van der Waals surface area contributed by atoms with Crippen LogP contribution in [0.15, 0.2) is 89.1 Å². The molecule has 8 nitrogen and oxygen atoms in total. The van der Waals surface area contributed by atoms with E-state index in [0.29, 0.717) is 47.5 Å². The van der Waals surface area contributed by atoms with E-state index in [4.69, 9.17) is 37.5 Å². The Labute approximate surface area is 255 Å². The van der Waals surface area contributed by atoms with E-state index in [0.717, 1.165) is 16.8 Å². The number of carbonyl (C=O) groups excluding carboxylic acids is 2. The van der Waals surface area contributed by atoms with Crippen LogP contribution >= 0.6 is 23.2 Å². The summed E-state index contributed by atoms with van der Waals surface area (Å²) in [5.74, 6) is -0.733. The molecule has 0 saturated carbocycles. The summed E-state index contributed by atoms with van der Waals surface area (Å²) in [7, 11) is 0. The first-order valence-electron chi connectivity index (χ1n) is 13.6. The minimum Gasteiger partial charge on any atom is -0.464 e. The number of hydrazone groups is 1. The van der Waals surface area contributed by atoms with Crippen molar-refractivity contribution in [2.24, 2.45) is 10.3 Å². The molecule has 3 aromatic rings. The van der Waals surface area contributed by atoms with E-state index in [2.05, 4.69) is 10.3 Å². The summed E-state index contributed by atoms with van der Waals surface area (Å²) >= 11 is 12.1. The monoisotopic (exact) mass is 609 g/mol. The van der Waals surface area contributed by atoms with Crippen molar-refractivity contribution in [1.82, 2.24) is 0 Å². The van der Waals surface area contributed by atoms with E-state index in [-0.39, 0.29) is 5.97 Å². The summed E-state index contributed by atoms with van der Waals surface area (Å²) in [6, 6.07) is 24.7. The number of carbonyl (C=O) groups is 2. The molecule has 0 radical (unpaired) electrons. The van der Waals surface area contributed by atoms with Crippen LogP contribution in [0.3, 0.4) is 0 Å². The molecule has 42 heavy (non-hydrogen) atoms. The van der Waals surface area contributed by atoms with Crippen LogP contribution in [0.25, 0.3) is 0 Å². The minimum absolute atomic E-state index is 0.313. The maximum Gasteiger partial charge on any atom is 0.356 e. The lowest BCUT2D eigenvalue weighted by Gasteiger charge is -2.32. The highest BCUT2D eigenvalue weighted by atomic mass is 35.5. The number of benzene rings is 3. The lowest BCUT2D eigenvalue weighted by molar-refractivity contribution is -0.148. The number of esters is 2. The molecular weight excluding hydrogens is 577 g/mol. The topological polar surface area (TPSA) is 89.8 Å². The van der Waals surface area contributed by atoms with E-state index >= 15 is 0 Å². The SMILES string of the molecule is CCOC(=O)C1(C)CC(C)=NN1c1ccc(Cl)cc1Cl.CCOC(=O)C1=NOC(c2ccccc2)(c2ccccc2)C1. The molecule has 0 fully saturated rings. The molecule has 220 valence electrons. The Morgan fingerprint density at radius 1 is 0.905 bits per heavy atom. The lowest BCUT2D eigenvalue weighted by atomic mass is 9.82. The molecule has 3 aromatic carbocycles. The van der Waals surface area contributed by atoms with Crippen molar-refractivity contribution in [2.75, 3.05) is 18.2 Å². The molecule has 1 atom stereocenters. The van der Waals surface area contributed by atoms with Crippen LogP contribution in [0.2, 0.25) is 10.0 Å². The Hall–Kier alpha value is -3.88. The maximum atomic E-state index is 12.3. The van der Waals surface area contributed by atoms with Crippen molar-refractivity contribution in [3.8, 4) is 0 Å². The molecule has 10 heteroatoms. The van der Waals surface area contributed by atoms with Crippen LogP contribution in [0, 0.1) is 0 Å². The van der Waals surface area contributed by atoms with Gasteiger partial charge in [0.15, 0.2) is 16.9 Å². The zero-order valence-electron chi connectivity index (χ0n) is 24.0. The predicted molar refractivity (Wildman–Crippen MR) is 165 cm³/mol. The van der Waals surface area contributed by atoms with E-state index in [1.54, 1.807) is 44.0 Å². The lowest BCUT2D eigenvalue weighted by Crippen LogP contribution is -2.48. The van der Waals surface area contributed by atoms with Crippen LogP contribution in [-0.4, -0.2) is 42.1 Å². The van der Waals surface area contributed by atoms with Gasteiger partial charge in [0.2, 0.25) is 0 Å². The summed E-state index contributed by atoms with van der Waals surface area (Å²) in [6.07, 6.45) is 0.866. The summed E-state index contributed by atoms with van der Waals surface area (Å²) in [4.78, 5) is 30.0. The number of rotatable bonds is 7. The fraction of sp³-hybridized carbons (Fsp3) is 0.312. The molecule has 2 aliphatic heterocycles. The molecule has 0 N–H and O–H groups in total. The van der Waals surface area contributed by atoms with Crippen LogP contribution in [-0.2, 0) is 29.5 Å². The average molecular weight is 611 g/mol. The number of halogens is 2.